The number of hydrogen-bond acceptors (Lipinski definition) is 9. The Kier molecular flexibility index (Phi) is 6.38. The quantitative estimate of drug-likeness (QED) is 0.509. The van der Waals surface area contributed by atoms with Crippen molar-refractivity contribution in [2.24, 2.45) is 0 Å². The molecule has 1 N–H and O–H groups in total. The summed E-state index contributed by atoms with van der Waals surface area (Å²) in [6.45, 7) is 12.2. The Hall–Kier alpha value is -3.25. The first kappa shape index (κ1) is 26.4. The zero-order valence-electron chi connectivity index (χ0n) is 22.6. The first-order valence-corrected chi connectivity index (χ1v) is 14.3. The molecule has 0 radical (unpaired) electrons. The number of fused-ring (bicyclic) bond motifs is 1. The lowest BCUT2D eigenvalue weighted by Gasteiger charge is -2.45. The number of carbonyl (C=O) groups excluding carboxylic acids is 1. The Morgan fingerprint density at radius 3 is 2.45 bits per heavy atom. The van der Waals surface area contributed by atoms with Crippen LogP contribution in [0.5, 0.6) is 0 Å². The van der Waals surface area contributed by atoms with Crippen LogP contribution in [0.3, 0.4) is 0 Å². The number of nitrogens with zero attached hydrogens (tertiary/aromatic N) is 5. The first-order chi connectivity index (χ1) is 17.8. The van der Waals surface area contributed by atoms with Crippen molar-refractivity contribution in [3.05, 3.63) is 30.5 Å². The van der Waals surface area contributed by atoms with E-state index in [1.54, 1.807) is 35.4 Å². The van der Waals surface area contributed by atoms with Gasteiger partial charge in [0.1, 0.15) is 17.0 Å². The summed E-state index contributed by atoms with van der Waals surface area (Å²) in [6, 6.07) is 6.30. The van der Waals surface area contributed by atoms with Crippen LogP contribution in [0.2, 0.25) is 0 Å². The van der Waals surface area contributed by atoms with Gasteiger partial charge in [0.05, 0.1) is 28.1 Å². The van der Waals surface area contributed by atoms with Gasteiger partial charge in [-0.3, -0.25) is 4.90 Å². The number of hydrogen-bond donors (Lipinski definition) is 1. The average molecular weight is 543 g/mol. The number of anilines is 1. The minimum atomic E-state index is -3.82. The summed E-state index contributed by atoms with van der Waals surface area (Å²) < 4.78 is 41.2. The Bertz CT molecular complexity index is 1450. The minimum absolute atomic E-state index is 0.122. The van der Waals surface area contributed by atoms with Crippen molar-refractivity contribution in [2.75, 3.05) is 18.0 Å². The molecule has 0 unspecified atom stereocenters. The van der Waals surface area contributed by atoms with Gasteiger partial charge in [-0.25, -0.2) is 17.9 Å². The van der Waals surface area contributed by atoms with E-state index >= 15 is 0 Å². The third-order valence-corrected chi connectivity index (χ3v) is 8.51. The summed E-state index contributed by atoms with van der Waals surface area (Å²) in [5, 5.41) is 12.9. The molecule has 204 valence electrons. The van der Waals surface area contributed by atoms with Crippen LogP contribution < -0.4 is 9.62 Å². The van der Waals surface area contributed by atoms with Crippen molar-refractivity contribution < 1.29 is 22.5 Å². The van der Waals surface area contributed by atoms with E-state index in [9.17, 15) is 13.2 Å². The van der Waals surface area contributed by atoms with Gasteiger partial charge < -0.3 is 14.2 Å². The van der Waals surface area contributed by atoms with Gasteiger partial charge in [0.15, 0.2) is 5.58 Å². The van der Waals surface area contributed by atoms with E-state index in [1.807, 2.05) is 46.4 Å². The zero-order valence-corrected chi connectivity index (χ0v) is 23.4. The maximum atomic E-state index is 13.5. The fourth-order valence-corrected chi connectivity index (χ4v) is 6.38. The second-order valence-corrected chi connectivity index (χ2v) is 13.3. The number of carbonyl (C=O) groups is 1. The molecule has 12 heteroatoms. The van der Waals surface area contributed by atoms with Crippen LogP contribution in [0, 0.1) is 0 Å². The lowest BCUT2D eigenvalue weighted by Crippen LogP contribution is -2.59. The predicted octanol–water partition coefficient (Wildman–Crippen LogP) is 3.95. The topological polar surface area (TPSA) is 131 Å². The number of benzene rings is 1. The average Bonchev–Trinajstić information content (AvgIpc) is 3.37. The van der Waals surface area contributed by atoms with Gasteiger partial charge in [0, 0.05) is 24.8 Å². The van der Waals surface area contributed by atoms with Gasteiger partial charge in [-0.15, -0.1) is 5.10 Å². The third kappa shape index (κ3) is 5.19. The molecule has 11 nitrogen and oxygen atoms in total. The Morgan fingerprint density at radius 2 is 1.87 bits per heavy atom. The van der Waals surface area contributed by atoms with Crippen molar-refractivity contribution in [1.29, 1.82) is 0 Å². The molecule has 1 saturated heterocycles. The van der Waals surface area contributed by atoms with Crippen LogP contribution in [-0.4, -0.2) is 71.1 Å². The van der Waals surface area contributed by atoms with E-state index < -0.39 is 21.2 Å². The number of aromatic nitrogens is 3. The Balaban J connectivity index is 1.56. The van der Waals surface area contributed by atoms with E-state index in [4.69, 9.17) is 9.26 Å². The van der Waals surface area contributed by atoms with E-state index in [0.717, 1.165) is 12.8 Å². The number of piperazine rings is 1. The van der Waals surface area contributed by atoms with Crippen molar-refractivity contribution in [1.82, 2.24) is 25.0 Å². The third-order valence-electron chi connectivity index (χ3n) is 6.90. The van der Waals surface area contributed by atoms with Gasteiger partial charge in [-0.05, 0) is 78.6 Å². The monoisotopic (exact) mass is 542 g/mol. The lowest BCUT2D eigenvalue weighted by atomic mass is 10.1. The molecule has 1 aliphatic carbocycles. The van der Waals surface area contributed by atoms with E-state index in [1.165, 1.54) is 0 Å². The summed E-state index contributed by atoms with van der Waals surface area (Å²) in [7, 11) is -3.82. The van der Waals surface area contributed by atoms with Crippen molar-refractivity contribution >= 4 is 32.8 Å². The maximum Gasteiger partial charge on any atom is 0.410 e. The molecule has 2 aromatic heterocycles. The van der Waals surface area contributed by atoms with Crippen LogP contribution in [0.4, 0.5) is 10.5 Å². The van der Waals surface area contributed by atoms with Gasteiger partial charge >= 0.3 is 6.09 Å². The fourth-order valence-electron chi connectivity index (χ4n) is 4.87. The summed E-state index contributed by atoms with van der Waals surface area (Å²) in [6.07, 6.45) is 2.77. The van der Waals surface area contributed by atoms with E-state index in [0.29, 0.717) is 41.1 Å². The number of rotatable bonds is 5. The molecule has 2 aliphatic rings. The normalized spacial score (nSPS) is 21.5. The molecule has 0 bridgehead atoms. The molecule has 2 fully saturated rings. The Labute approximate surface area is 222 Å². The van der Waals surface area contributed by atoms with Gasteiger partial charge in [-0.1, -0.05) is 5.16 Å². The number of nitrogens with one attached hydrogen (secondary N) is 1. The largest absolute Gasteiger partial charge is 0.444 e. The highest BCUT2D eigenvalue weighted by Gasteiger charge is 2.42. The molecular formula is C26H34N6O5S. The smallest absolute Gasteiger partial charge is 0.410 e. The highest BCUT2D eigenvalue weighted by molar-refractivity contribution is 7.89. The van der Waals surface area contributed by atoms with E-state index in [2.05, 4.69) is 20.1 Å². The second-order valence-electron chi connectivity index (χ2n) is 11.6. The van der Waals surface area contributed by atoms with Crippen molar-refractivity contribution in [2.45, 2.75) is 82.5 Å². The molecule has 0 spiro atoms. The molecule has 5 rings (SSSR count). The number of ether oxygens (including phenoxy) is 1. The van der Waals surface area contributed by atoms with Gasteiger partial charge in [-0.2, -0.15) is 5.10 Å². The van der Waals surface area contributed by atoms with Crippen LogP contribution in [-0.2, 0) is 14.8 Å². The summed E-state index contributed by atoms with van der Waals surface area (Å²) in [4.78, 5) is 16.8. The number of amides is 1. The Morgan fingerprint density at radius 1 is 1.18 bits per heavy atom. The molecule has 1 saturated carbocycles. The second kappa shape index (κ2) is 9.19. The first-order valence-electron chi connectivity index (χ1n) is 12.8. The molecular weight excluding hydrogens is 508 g/mol. The number of sulfonamides is 1. The van der Waals surface area contributed by atoms with Crippen LogP contribution in [0.1, 0.15) is 54.4 Å². The summed E-state index contributed by atoms with van der Waals surface area (Å²) >= 11 is 0. The van der Waals surface area contributed by atoms with E-state index in [-0.39, 0.29) is 23.1 Å². The van der Waals surface area contributed by atoms with Crippen LogP contribution in [0.25, 0.3) is 22.4 Å². The molecule has 1 amide bonds. The van der Waals surface area contributed by atoms with Crippen molar-refractivity contribution in [3.63, 3.8) is 0 Å². The maximum absolute atomic E-state index is 13.5. The van der Waals surface area contributed by atoms with Crippen LogP contribution >= 0.6 is 0 Å². The molecule has 1 aliphatic heterocycles. The summed E-state index contributed by atoms with van der Waals surface area (Å²) in [5.74, 6) is 0. The standard InChI is InChI=1S/C26H34N6O5S/c1-16-14-31(15-17(2)32(16)24(33)36-25(3,4)5)21-13-18(38(34,35)30-26(6)9-10-26)12-19-22(29-37-23(19)21)20-8-7-11-27-28-20/h7-8,11-13,16-17,30H,9-10,14-15H2,1-6H3/t16-,17-/m0/s1. The highest BCUT2D eigenvalue weighted by atomic mass is 32.2. The minimum Gasteiger partial charge on any atom is -0.444 e. The summed E-state index contributed by atoms with van der Waals surface area (Å²) in [5.41, 5.74) is 0.895. The molecule has 1 aromatic carbocycles. The van der Waals surface area contributed by atoms with Crippen molar-refractivity contribution in [3.8, 4) is 11.4 Å². The predicted molar refractivity (Wildman–Crippen MR) is 142 cm³/mol. The SMILES string of the molecule is C[C@H]1CN(c2cc(S(=O)(=O)NC3(C)CC3)cc3c(-c4cccnn4)noc23)C[C@H](C)N1C(=O)OC(C)(C)C. The molecule has 38 heavy (non-hydrogen) atoms. The van der Waals surface area contributed by atoms with Gasteiger partial charge in [0.25, 0.3) is 0 Å². The molecule has 3 heterocycles. The molecule has 3 aromatic rings. The van der Waals surface area contributed by atoms with Crippen LogP contribution in [0.15, 0.2) is 39.9 Å². The fraction of sp³-hybridized carbons (Fsp3) is 0.538. The lowest BCUT2D eigenvalue weighted by molar-refractivity contribution is 0.00567. The zero-order chi connectivity index (χ0) is 27.5. The highest BCUT2D eigenvalue weighted by Crippen LogP contribution is 2.40. The molecule has 2 atom stereocenters. The van der Waals surface area contributed by atoms with Gasteiger partial charge in [0.2, 0.25) is 10.0 Å².